The van der Waals surface area contributed by atoms with Crippen molar-refractivity contribution in [3.05, 3.63) is 91.4 Å². The molecule has 0 spiro atoms. The second-order valence-electron chi connectivity index (χ2n) is 6.02. The Hall–Kier alpha value is -3.46. The zero-order valence-corrected chi connectivity index (χ0v) is 13.5. The minimum absolute atomic E-state index is 0.976. The predicted molar refractivity (Wildman–Crippen MR) is 101 cm³/mol. The molecule has 5 rings (SSSR count). The monoisotopic (exact) mass is 321 g/mol. The Morgan fingerprint density at radius 2 is 1.40 bits per heavy atom. The molecule has 3 aromatic heterocycles. The first-order valence-corrected chi connectivity index (χ1v) is 8.27. The van der Waals surface area contributed by atoms with Crippen LogP contribution in [0.3, 0.4) is 0 Å². The number of hydrogen-bond donors (Lipinski definition) is 0. The molecule has 0 bridgehead atoms. The zero-order valence-electron chi connectivity index (χ0n) is 13.5. The van der Waals surface area contributed by atoms with Crippen LogP contribution in [-0.4, -0.2) is 14.4 Å². The zero-order chi connectivity index (χ0) is 16.6. The standard InChI is InChI=1S/C22H15N3/c1-2-6-16(7-3-1)21-15-24-22-19-9-5-4-8-18(19)14-20(25(21)22)17-10-12-23-13-11-17/h1-15H. The summed E-state index contributed by atoms with van der Waals surface area (Å²) in [4.78, 5) is 8.91. The summed E-state index contributed by atoms with van der Waals surface area (Å²) in [5.41, 5.74) is 5.46. The maximum Gasteiger partial charge on any atom is 0.145 e. The van der Waals surface area contributed by atoms with E-state index >= 15 is 0 Å². The number of nitrogens with zero attached hydrogens (tertiary/aromatic N) is 3. The van der Waals surface area contributed by atoms with E-state index in [1.807, 2.05) is 36.8 Å². The molecule has 0 aliphatic carbocycles. The molecule has 3 heterocycles. The fourth-order valence-corrected chi connectivity index (χ4v) is 3.37. The first kappa shape index (κ1) is 13.9. The van der Waals surface area contributed by atoms with Gasteiger partial charge in [-0.25, -0.2) is 4.98 Å². The SMILES string of the molecule is c1ccc(-c2cnc3c4ccccc4cc(-c4ccncc4)n23)cc1. The molecular formula is C22H15N3. The highest BCUT2D eigenvalue weighted by molar-refractivity contribution is 5.98. The lowest BCUT2D eigenvalue weighted by molar-refractivity contribution is 1.20. The normalized spacial score (nSPS) is 11.2. The van der Waals surface area contributed by atoms with Gasteiger partial charge in [0, 0.05) is 28.9 Å². The lowest BCUT2D eigenvalue weighted by Crippen LogP contribution is -1.96. The number of pyridine rings is 2. The van der Waals surface area contributed by atoms with Crippen LogP contribution in [0.25, 0.3) is 38.9 Å². The summed E-state index contributed by atoms with van der Waals surface area (Å²) >= 11 is 0. The fraction of sp³-hybridized carbons (Fsp3) is 0. The van der Waals surface area contributed by atoms with Crippen molar-refractivity contribution in [2.45, 2.75) is 0 Å². The van der Waals surface area contributed by atoms with Crippen molar-refractivity contribution in [1.82, 2.24) is 14.4 Å². The fourth-order valence-electron chi connectivity index (χ4n) is 3.37. The molecule has 0 saturated carbocycles. The van der Waals surface area contributed by atoms with Gasteiger partial charge in [0.25, 0.3) is 0 Å². The summed E-state index contributed by atoms with van der Waals surface area (Å²) in [7, 11) is 0. The van der Waals surface area contributed by atoms with E-state index in [4.69, 9.17) is 4.98 Å². The van der Waals surface area contributed by atoms with Crippen LogP contribution in [-0.2, 0) is 0 Å². The van der Waals surface area contributed by atoms with E-state index in [-0.39, 0.29) is 0 Å². The maximum absolute atomic E-state index is 4.76. The minimum atomic E-state index is 0.976. The van der Waals surface area contributed by atoms with E-state index in [2.05, 4.69) is 64.0 Å². The summed E-state index contributed by atoms with van der Waals surface area (Å²) in [5.74, 6) is 0. The van der Waals surface area contributed by atoms with E-state index in [0.29, 0.717) is 0 Å². The summed E-state index contributed by atoms with van der Waals surface area (Å²) in [5, 5.41) is 2.34. The second kappa shape index (κ2) is 5.56. The molecule has 3 heteroatoms. The highest BCUT2D eigenvalue weighted by Crippen LogP contribution is 2.32. The molecule has 0 atom stereocenters. The lowest BCUT2D eigenvalue weighted by atomic mass is 10.1. The van der Waals surface area contributed by atoms with E-state index in [1.54, 1.807) is 0 Å². The Morgan fingerprint density at radius 3 is 2.24 bits per heavy atom. The summed E-state index contributed by atoms with van der Waals surface area (Å²) in [6.45, 7) is 0. The summed E-state index contributed by atoms with van der Waals surface area (Å²) in [6.07, 6.45) is 5.62. The van der Waals surface area contributed by atoms with Crippen LogP contribution < -0.4 is 0 Å². The molecule has 0 aliphatic rings. The lowest BCUT2D eigenvalue weighted by Gasteiger charge is -2.12. The van der Waals surface area contributed by atoms with Crippen molar-refractivity contribution in [3.8, 4) is 22.5 Å². The topological polar surface area (TPSA) is 30.2 Å². The molecule has 25 heavy (non-hydrogen) atoms. The van der Waals surface area contributed by atoms with E-state index in [1.165, 1.54) is 5.39 Å². The molecule has 5 aromatic rings. The molecule has 0 aliphatic heterocycles. The number of imidazole rings is 1. The van der Waals surface area contributed by atoms with Crippen LogP contribution in [0, 0.1) is 0 Å². The average Bonchev–Trinajstić information content (AvgIpc) is 3.14. The highest BCUT2D eigenvalue weighted by Gasteiger charge is 2.14. The van der Waals surface area contributed by atoms with Gasteiger partial charge in [0.2, 0.25) is 0 Å². The first-order chi connectivity index (χ1) is 12.4. The smallest absolute Gasteiger partial charge is 0.145 e. The Bertz CT molecular complexity index is 1180. The quantitative estimate of drug-likeness (QED) is 0.446. The van der Waals surface area contributed by atoms with Gasteiger partial charge in [0.05, 0.1) is 17.6 Å². The van der Waals surface area contributed by atoms with Crippen molar-refractivity contribution in [1.29, 1.82) is 0 Å². The first-order valence-electron chi connectivity index (χ1n) is 8.27. The van der Waals surface area contributed by atoms with Crippen molar-refractivity contribution in [2.24, 2.45) is 0 Å². The predicted octanol–water partition coefficient (Wildman–Crippen LogP) is 5.22. The Labute approximate surface area is 145 Å². The maximum atomic E-state index is 4.76. The third-order valence-corrected chi connectivity index (χ3v) is 4.54. The van der Waals surface area contributed by atoms with Gasteiger partial charge in [-0.15, -0.1) is 0 Å². The molecule has 0 radical (unpaired) electrons. The van der Waals surface area contributed by atoms with Gasteiger partial charge >= 0.3 is 0 Å². The molecular weight excluding hydrogens is 306 g/mol. The molecule has 0 saturated heterocycles. The third kappa shape index (κ3) is 2.21. The third-order valence-electron chi connectivity index (χ3n) is 4.54. The Balaban J connectivity index is 1.94. The largest absolute Gasteiger partial charge is 0.292 e. The van der Waals surface area contributed by atoms with Gasteiger partial charge in [0.15, 0.2) is 0 Å². The molecule has 0 unspecified atom stereocenters. The van der Waals surface area contributed by atoms with Crippen LogP contribution in [0.15, 0.2) is 91.4 Å². The van der Waals surface area contributed by atoms with Gasteiger partial charge < -0.3 is 0 Å². The number of rotatable bonds is 2. The van der Waals surface area contributed by atoms with E-state index in [0.717, 1.165) is 33.5 Å². The molecule has 0 amide bonds. The molecule has 2 aromatic carbocycles. The van der Waals surface area contributed by atoms with Crippen LogP contribution in [0.2, 0.25) is 0 Å². The van der Waals surface area contributed by atoms with Crippen LogP contribution in [0.1, 0.15) is 0 Å². The van der Waals surface area contributed by atoms with Crippen molar-refractivity contribution in [2.75, 3.05) is 0 Å². The summed E-state index contributed by atoms with van der Waals surface area (Å²) in [6, 6.07) is 25.1. The van der Waals surface area contributed by atoms with Crippen molar-refractivity contribution in [3.63, 3.8) is 0 Å². The van der Waals surface area contributed by atoms with Crippen molar-refractivity contribution < 1.29 is 0 Å². The van der Waals surface area contributed by atoms with Gasteiger partial charge in [-0.05, 0) is 23.6 Å². The Kier molecular flexibility index (Phi) is 3.10. The highest BCUT2D eigenvalue weighted by atomic mass is 15.0. The van der Waals surface area contributed by atoms with Crippen LogP contribution in [0.5, 0.6) is 0 Å². The van der Waals surface area contributed by atoms with Gasteiger partial charge in [-0.1, -0.05) is 54.6 Å². The van der Waals surface area contributed by atoms with E-state index in [9.17, 15) is 0 Å². The van der Waals surface area contributed by atoms with Crippen LogP contribution >= 0.6 is 0 Å². The van der Waals surface area contributed by atoms with Gasteiger partial charge in [-0.3, -0.25) is 9.38 Å². The van der Waals surface area contributed by atoms with Crippen molar-refractivity contribution >= 4 is 16.4 Å². The average molecular weight is 321 g/mol. The number of benzene rings is 2. The number of aromatic nitrogens is 3. The Morgan fingerprint density at radius 1 is 0.680 bits per heavy atom. The summed E-state index contributed by atoms with van der Waals surface area (Å²) < 4.78 is 2.24. The molecule has 3 nitrogen and oxygen atoms in total. The molecule has 0 fully saturated rings. The molecule has 118 valence electrons. The van der Waals surface area contributed by atoms with Gasteiger partial charge in [-0.2, -0.15) is 0 Å². The van der Waals surface area contributed by atoms with Crippen LogP contribution in [0.4, 0.5) is 0 Å². The molecule has 0 N–H and O–H groups in total. The number of hydrogen-bond acceptors (Lipinski definition) is 2. The second-order valence-corrected chi connectivity index (χ2v) is 6.02. The van der Waals surface area contributed by atoms with E-state index < -0.39 is 0 Å². The minimum Gasteiger partial charge on any atom is -0.292 e. The number of fused-ring (bicyclic) bond motifs is 3. The van der Waals surface area contributed by atoms with Gasteiger partial charge in [0.1, 0.15) is 5.65 Å².